The molecule has 0 spiro atoms. The van der Waals surface area contributed by atoms with Gasteiger partial charge >= 0.3 is 0 Å². The number of benzene rings is 5. The SMILES string of the molecule is CC1CC=Cc2cc3nc(-c4ccc(-c5nc(-c6ccccc6)cc(-c6ccccc6)n5)cc4)c4c(c3cc21)N(c1ccccc1)C1C=CC=CC41C. The predicted molar refractivity (Wildman–Crippen MR) is 219 cm³/mol. The van der Waals surface area contributed by atoms with Crippen LogP contribution in [0.15, 0.2) is 164 Å². The third-order valence-corrected chi connectivity index (χ3v) is 11.3. The maximum atomic E-state index is 5.57. The lowest BCUT2D eigenvalue weighted by Crippen LogP contribution is -2.39. The van der Waals surface area contributed by atoms with Gasteiger partial charge in [-0.1, -0.05) is 147 Å². The van der Waals surface area contributed by atoms with Gasteiger partial charge in [0.15, 0.2) is 5.82 Å². The second-order valence-corrected chi connectivity index (χ2v) is 14.7. The molecule has 1 aliphatic heterocycles. The molecular formula is C49H38N4. The zero-order valence-corrected chi connectivity index (χ0v) is 29.8. The molecule has 4 heteroatoms. The van der Waals surface area contributed by atoms with Crippen molar-refractivity contribution < 1.29 is 0 Å². The predicted octanol–water partition coefficient (Wildman–Crippen LogP) is 12.1. The first kappa shape index (κ1) is 31.4. The highest BCUT2D eigenvalue weighted by atomic mass is 15.2. The molecule has 7 aromatic rings. The number of fused-ring (bicyclic) bond motifs is 6. The van der Waals surface area contributed by atoms with Crippen LogP contribution in [0.5, 0.6) is 0 Å². The molecule has 3 atom stereocenters. The summed E-state index contributed by atoms with van der Waals surface area (Å²) in [5.41, 5.74) is 14.1. The fourth-order valence-electron chi connectivity index (χ4n) is 8.59. The standard InChI is InChI=1S/C49H38N4/c1-32-15-14-20-37-29-43-40(30-39(32)37)47-45(49(2)28-13-12-23-44(49)53(47)38-21-10-5-11-22-38)46(50-43)35-24-26-36(27-25-35)48-51-41(33-16-6-3-7-17-33)31-42(52-48)34-18-8-4-9-19-34/h3-14,16-32,44H,15H2,1-2H3. The Bertz CT molecular complexity index is 2550. The van der Waals surface area contributed by atoms with Crippen molar-refractivity contribution in [3.05, 3.63) is 181 Å². The van der Waals surface area contributed by atoms with Crippen LogP contribution in [0.3, 0.4) is 0 Å². The second kappa shape index (κ2) is 12.4. The highest BCUT2D eigenvalue weighted by Gasteiger charge is 2.49. The largest absolute Gasteiger partial charge is 0.332 e. The van der Waals surface area contributed by atoms with E-state index in [2.05, 4.69) is 177 Å². The van der Waals surface area contributed by atoms with Gasteiger partial charge in [0.25, 0.3) is 0 Å². The number of nitrogens with zero attached hydrogens (tertiary/aromatic N) is 4. The molecule has 10 rings (SSSR count). The summed E-state index contributed by atoms with van der Waals surface area (Å²) < 4.78 is 0. The van der Waals surface area contributed by atoms with Gasteiger partial charge in [-0.15, -0.1) is 0 Å². The molecule has 0 N–H and O–H groups in total. The molecule has 2 aromatic heterocycles. The molecular weight excluding hydrogens is 645 g/mol. The minimum atomic E-state index is -0.297. The van der Waals surface area contributed by atoms with Gasteiger partial charge in [0.05, 0.1) is 34.3 Å². The van der Waals surface area contributed by atoms with Crippen LogP contribution in [-0.4, -0.2) is 21.0 Å². The molecule has 0 amide bonds. The maximum Gasteiger partial charge on any atom is 0.160 e. The van der Waals surface area contributed by atoms with E-state index < -0.39 is 0 Å². The van der Waals surface area contributed by atoms with Gasteiger partial charge in [-0.05, 0) is 60.7 Å². The van der Waals surface area contributed by atoms with Crippen LogP contribution in [0.4, 0.5) is 11.4 Å². The van der Waals surface area contributed by atoms with Gasteiger partial charge in [-0.2, -0.15) is 0 Å². The Morgan fingerprint density at radius 3 is 1.98 bits per heavy atom. The Balaban J connectivity index is 1.17. The smallest absolute Gasteiger partial charge is 0.160 e. The lowest BCUT2D eigenvalue weighted by Gasteiger charge is -2.34. The summed E-state index contributed by atoms with van der Waals surface area (Å²) in [6, 6.07) is 47.2. The number of pyridine rings is 1. The fraction of sp³-hybridized carbons (Fsp3) is 0.122. The van der Waals surface area contributed by atoms with E-state index in [1.807, 2.05) is 12.1 Å². The summed E-state index contributed by atoms with van der Waals surface area (Å²) in [6.07, 6.45) is 14.8. The summed E-state index contributed by atoms with van der Waals surface area (Å²) in [5, 5.41) is 1.21. The summed E-state index contributed by atoms with van der Waals surface area (Å²) in [5.74, 6) is 1.15. The molecule has 4 nitrogen and oxygen atoms in total. The van der Waals surface area contributed by atoms with Crippen molar-refractivity contribution in [2.24, 2.45) is 0 Å². The van der Waals surface area contributed by atoms with Crippen molar-refractivity contribution in [1.29, 1.82) is 0 Å². The third-order valence-electron chi connectivity index (χ3n) is 11.3. The van der Waals surface area contributed by atoms with E-state index in [9.17, 15) is 0 Å². The number of hydrogen-bond acceptors (Lipinski definition) is 4. The Kier molecular flexibility index (Phi) is 7.33. The van der Waals surface area contributed by atoms with E-state index in [-0.39, 0.29) is 11.5 Å². The number of hydrogen-bond donors (Lipinski definition) is 0. The van der Waals surface area contributed by atoms with Crippen molar-refractivity contribution in [1.82, 2.24) is 15.0 Å². The fourth-order valence-corrected chi connectivity index (χ4v) is 8.59. The zero-order valence-electron chi connectivity index (χ0n) is 29.8. The molecule has 254 valence electrons. The topological polar surface area (TPSA) is 41.9 Å². The minimum Gasteiger partial charge on any atom is -0.332 e. The number of anilines is 2. The van der Waals surface area contributed by atoms with Crippen LogP contribution in [0.2, 0.25) is 0 Å². The van der Waals surface area contributed by atoms with E-state index in [4.69, 9.17) is 15.0 Å². The first-order chi connectivity index (χ1) is 26.0. The summed E-state index contributed by atoms with van der Waals surface area (Å²) in [6.45, 7) is 4.71. The highest BCUT2D eigenvalue weighted by Crippen LogP contribution is 2.57. The number of rotatable bonds is 5. The molecule has 3 heterocycles. The van der Waals surface area contributed by atoms with E-state index in [1.54, 1.807) is 0 Å². The van der Waals surface area contributed by atoms with Crippen LogP contribution in [0.25, 0.3) is 62.1 Å². The molecule has 0 fully saturated rings. The lowest BCUT2D eigenvalue weighted by atomic mass is 9.74. The molecule has 2 aliphatic carbocycles. The van der Waals surface area contributed by atoms with Crippen LogP contribution in [0.1, 0.15) is 42.9 Å². The first-order valence-electron chi connectivity index (χ1n) is 18.5. The van der Waals surface area contributed by atoms with Crippen molar-refractivity contribution in [3.8, 4) is 45.2 Å². The second-order valence-electron chi connectivity index (χ2n) is 14.7. The van der Waals surface area contributed by atoms with Crippen molar-refractivity contribution in [2.75, 3.05) is 4.90 Å². The van der Waals surface area contributed by atoms with Gasteiger partial charge in [-0.25, -0.2) is 15.0 Å². The van der Waals surface area contributed by atoms with Crippen molar-refractivity contribution in [3.63, 3.8) is 0 Å². The average molecular weight is 683 g/mol. The zero-order chi connectivity index (χ0) is 35.5. The van der Waals surface area contributed by atoms with Gasteiger partial charge < -0.3 is 4.90 Å². The molecule has 5 aromatic carbocycles. The summed E-state index contributed by atoms with van der Waals surface area (Å²) >= 11 is 0. The minimum absolute atomic E-state index is 0.106. The Labute approximate surface area is 310 Å². The monoisotopic (exact) mass is 682 g/mol. The summed E-state index contributed by atoms with van der Waals surface area (Å²) in [4.78, 5) is 18.3. The van der Waals surface area contributed by atoms with Crippen molar-refractivity contribution >= 4 is 28.4 Å². The van der Waals surface area contributed by atoms with E-state index in [0.29, 0.717) is 11.7 Å². The average Bonchev–Trinajstić information content (AvgIpc) is 3.50. The molecule has 0 bridgehead atoms. The van der Waals surface area contributed by atoms with Gasteiger partial charge in [0.1, 0.15) is 0 Å². The Morgan fingerprint density at radius 1 is 0.660 bits per heavy atom. The highest BCUT2D eigenvalue weighted by molar-refractivity contribution is 6.03. The van der Waals surface area contributed by atoms with E-state index in [0.717, 1.165) is 51.3 Å². The lowest BCUT2D eigenvalue weighted by molar-refractivity contribution is 0.551. The normalized spacial score (nSPS) is 19.6. The van der Waals surface area contributed by atoms with Crippen LogP contribution >= 0.6 is 0 Å². The molecule has 53 heavy (non-hydrogen) atoms. The Hall–Kier alpha value is -6.39. The Morgan fingerprint density at radius 2 is 1.30 bits per heavy atom. The number of para-hydroxylation sites is 1. The van der Waals surface area contributed by atoms with E-state index >= 15 is 0 Å². The number of aromatic nitrogens is 3. The maximum absolute atomic E-state index is 5.57. The summed E-state index contributed by atoms with van der Waals surface area (Å²) in [7, 11) is 0. The van der Waals surface area contributed by atoms with Crippen molar-refractivity contribution in [2.45, 2.75) is 37.6 Å². The molecule has 0 radical (unpaired) electrons. The first-order valence-corrected chi connectivity index (χ1v) is 18.5. The van der Waals surface area contributed by atoms with Crippen LogP contribution < -0.4 is 4.90 Å². The molecule has 0 saturated carbocycles. The quantitative estimate of drug-likeness (QED) is 0.181. The van der Waals surface area contributed by atoms with Gasteiger partial charge in [0, 0.05) is 44.3 Å². The molecule has 3 unspecified atom stereocenters. The third kappa shape index (κ3) is 5.16. The molecule has 0 saturated heterocycles. The van der Waals surface area contributed by atoms with Crippen LogP contribution in [0, 0.1) is 0 Å². The van der Waals surface area contributed by atoms with E-state index in [1.165, 1.54) is 33.5 Å². The van der Waals surface area contributed by atoms with Gasteiger partial charge in [-0.3, -0.25) is 0 Å². The van der Waals surface area contributed by atoms with Gasteiger partial charge in [0.2, 0.25) is 0 Å². The number of allylic oxidation sites excluding steroid dienone is 3. The molecule has 3 aliphatic rings. The van der Waals surface area contributed by atoms with Crippen LogP contribution in [-0.2, 0) is 5.41 Å².